The number of H-pyrrole nitrogens is 1. The normalized spacial score (nSPS) is 10.6. The second kappa shape index (κ2) is 3.00. The molecule has 2 nitrogen and oxygen atoms in total. The van der Waals surface area contributed by atoms with Gasteiger partial charge in [0.1, 0.15) is 0 Å². The van der Waals surface area contributed by atoms with Gasteiger partial charge in [-0.15, -0.1) is 0 Å². The van der Waals surface area contributed by atoms with Crippen molar-refractivity contribution in [3.8, 4) is 0 Å². The molecule has 1 aromatic heterocycles. The summed E-state index contributed by atoms with van der Waals surface area (Å²) in [5.74, 6) is 0. The zero-order chi connectivity index (χ0) is 9.42. The quantitative estimate of drug-likeness (QED) is 0.751. The zero-order valence-electron chi connectivity index (χ0n) is 7.10. The molecule has 0 unspecified atom stereocenters. The van der Waals surface area contributed by atoms with Gasteiger partial charge >= 0.3 is 0 Å². The highest BCUT2D eigenvalue weighted by molar-refractivity contribution is 9.10. The van der Waals surface area contributed by atoms with Crippen molar-refractivity contribution in [2.24, 2.45) is 0 Å². The molecule has 2 aromatic rings. The van der Waals surface area contributed by atoms with E-state index in [0.717, 1.165) is 20.9 Å². The molecule has 1 N–H and O–H groups in total. The summed E-state index contributed by atoms with van der Waals surface area (Å²) in [6.45, 7) is 1.88. The summed E-state index contributed by atoms with van der Waals surface area (Å²) in [5, 5.41) is 1.70. The third-order valence-corrected chi connectivity index (χ3v) is 2.43. The van der Waals surface area contributed by atoms with E-state index in [2.05, 4.69) is 20.9 Å². The van der Waals surface area contributed by atoms with Crippen LogP contribution >= 0.6 is 15.9 Å². The molecule has 1 aromatic carbocycles. The van der Waals surface area contributed by atoms with Gasteiger partial charge in [0.2, 0.25) is 0 Å². The molecule has 0 aliphatic heterocycles. The number of benzene rings is 1. The topological polar surface area (TPSA) is 32.9 Å². The van der Waals surface area contributed by atoms with Crippen LogP contribution in [0.15, 0.2) is 33.5 Å². The van der Waals surface area contributed by atoms with E-state index in [1.54, 1.807) is 0 Å². The lowest BCUT2D eigenvalue weighted by molar-refractivity contribution is 1.17. The molecule has 0 saturated carbocycles. The lowest BCUT2D eigenvalue weighted by Gasteiger charge is -1.99. The highest BCUT2D eigenvalue weighted by atomic mass is 79.9. The second-order valence-electron chi connectivity index (χ2n) is 3.01. The molecule has 0 aliphatic carbocycles. The van der Waals surface area contributed by atoms with Crippen molar-refractivity contribution < 1.29 is 0 Å². The summed E-state index contributed by atoms with van der Waals surface area (Å²) in [6, 6.07) is 7.59. The molecule has 3 heteroatoms. The number of hydrogen-bond acceptors (Lipinski definition) is 1. The van der Waals surface area contributed by atoms with Gasteiger partial charge in [-0.05, 0) is 36.6 Å². The van der Waals surface area contributed by atoms with Gasteiger partial charge in [-0.3, -0.25) is 4.79 Å². The fourth-order valence-corrected chi connectivity index (χ4v) is 1.75. The van der Waals surface area contributed by atoms with Crippen LogP contribution in [0.3, 0.4) is 0 Å². The molecule has 0 saturated heterocycles. The van der Waals surface area contributed by atoms with Gasteiger partial charge in [0.05, 0.1) is 0 Å². The molecule has 13 heavy (non-hydrogen) atoms. The van der Waals surface area contributed by atoms with E-state index in [4.69, 9.17) is 0 Å². The maximum absolute atomic E-state index is 11.4. The Morgan fingerprint density at radius 1 is 1.31 bits per heavy atom. The Labute approximate surface area is 83.7 Å². The van der Waals surface area contributed by atoms with Crippen LogP contribution in [0.2, 0.25) is 0 Å². The van der Waals surface area contributed by atoms with Gasteiger partial charge in [-0.1, -0.05) is 15.9 Å². The Hall–Kier alpha value is -1.09. The molecule has 0 amide bonds. The van der Waals surface area contributed by atoms with Crippen LogP contribution < -0.4 is 5.56 Å². The number of pyridine rings is 1. The van der Waals surface area contributed by atoms with Crippen LogP contribution in [0.1, 0.15) is 5.69 Å². The zero-order valence-corrected chi connectivity index (χ0v) is 8.68. The minimum atomic E-state index is -0.0255. The van der Waals surface area contributed by atoms with Gasteiger partial charge in [0.25, 0.3) is 5.56 Å². The molecule has 0 atom stereocenters. The predicted molar refractivity (Wildman–Crippen MR) is 57.0 cm³/mol. The Morgan fingerprint density at radius 2 is 2.08 bits per heavy atom. The van der Waals surface area contributed by atoms with E-state index in [1.807, 2.05) is 31.2 Å². The highest BCUT2D eigenvalue weighted by Crippen LogP contribution is 2.16. The third kappa shape index (κ3) is 1.52. The van der Waals surface area contributed by atoms with Crippen molar-refractivity contribution in [2.45, 2.75) is 6.92 Å². The molecule has 1 heterocycles. The maximum Gasteiger partial charge on any atom is 0.256 e. The lowest BCUT2D eigenvalue weighted by atomic mass is 10.1. The number of nitrogens with one attached hydrogen (secondary N) is 1. The van der Waals surface area contributed by atoms with E-state index in [9.17, 15) is 4.79 Å². The Bertz CT molecular complexity index is 511. The van der Waals surface area contributed by atoms with Crippen LogP contribution in [0.25, 0.3) is 10.8 Å². The summed E-state index contributed by atoms with van der Waals surface area (Å²) in [4.78, 5) is 14.2. The van der Waals surface area contributed by atoms with Crippen molar-refractivity contribution in [1.82, 2.24) is 4.98 Å². The predicted octanol–water partition coefficient (Wildman–Crippen LogP) is 2.60. The van der Waals surface area contributed by atoms with Gasteiger partial charge < -0.3 is 4.98 Å². The highest BCUT2D eigenvalue weighted by Gasteiger charge is 1.99. The number of fused-ring (bicyclic) bond motifs is 1. The summed E-state index contributed by atoms with van der Waals surface area (Å²) < 4.78 is 0.991. The van der Waals surface area contributed by atoms with Crippen LogP contribution in [0, 0.1) is 6.92 Å². The van der Waals surface area contributed by atoms with E-state index < -0.39 is 0 Å². The third-order valence-electron chi connectivity index (χ3n) is 1.94. The molecule has 66 valence electrons. The molecule has 0 fully saturated rings. The summed E-state index contributed by atoms with van der Waals surface area (Å²) in [7, 11) is 0. The smallest absolute Gasteiger partial charge is 0.256 e. The average Bonchev–Trinajstić information content (AvgIpc) is 2.02. The molecule has 0 bridgehead atoms. The molecule has 0 spiro atoms. The van der Waals surface area contributed by atoms with Crippen LogP contribution in [-0.4, -0.2) is 4.98 Å². The van der Waals surface area contributed by atoms with E-state index >= 15 is 0 Å². The maximum atomic E-state index is 11.4. The summed E-state index contributed by atoms with van der Waals surface area (Å²) in [5.41, 5.74) is 0.859. The van der Waals surface area contributed by atoms with Gasteiger partial charge in [0.15, 0.2) is 0 Å². The molecular formula is C10H8BrNO. The minimum Gasteiger partial charge on any atom is -0.326 e. The van der Waals surface area contributed by atoms with Crippen molar-refractivity contribution in [3.63, 3.8) is 0 Å². The second-order valence-corrected chi connectivity index (χ2v) is 3.93. The number of halogens is 1. The first-order valence-electron chi connectivity index (χ1n) is 3.96. The number of hydrogen-bond donors (Lipinski definition) is 1. The molecule has 0 radical (unpaired) electrons. The van der Waals surface area contributed by atoms with Gasteiger partial charge in [-0.2, -0.15) is 0 Å². The van der Waals surface area contributed by atoms with Crippen molar-refractivity contribution in [1.29, 1.82) is 0 Å². The first-order valence-corrected chi connectivity index (χ1v) is 4.75. The standard InChI is InChI=1S/C10H8BrNO/c1-6-4-7-5-8(11)2-3-9(7)10(13)12-6/h2-5H,1H3,(H,12,13). The number of aromatic nitrogens is 1. The lowest BCUT2D eigenvalue weighted by Crippen LogP contribution is -2.06. The Balaban J connectivity index is 2.95. The SMILES string of the molecule is Cc1cc2cc(Br)ccc2c(=O)[nH]1. The molecule has 2 rings (SSSR count). The van der Waals surface area contributed by atoms with Crippen molar-refractivity contribution >= 4 is 26.7 Å². The van der Waals surface area contributed by atoms with E-state index in [1.165, 1.54) is 0 Å². The number of aryl methyl sites for hydroxylation is 1. The van der Waals surface area contributed by atoms with Crippen molar-refractivity contribution in [2.75, 3.05) is 0 Å². The van der Waals surface area contributed by atoms with Crippen LogP contribution in [0.4, 0.5) is 0 Å². The van der Waals surface area contributed by atoms with E-state index in [0.29, 0.717) is 0 Å². The minimum absolute atomic E-state index is 0.0255. The fraction of sp³-hybridized carbons (Fsp3) is 0.100. The van der Waals surface area contributed by atoms with Crippen molar-refractivity contribution in [3.05, 3.63) is 44.8 Å². The largest absolute Gasteiger partial charge is 0.326 e. The van der Waals surface area contributed by atoms with Gasteiger partial charge in [0, 0.05) is 15.6 Å². The Kier molecular flexibility index (Phi) is 1.96. The first kappa shape index (κ1) is 8.51. The fourth-order valence-electron chi connectivity index (χ4n) is 1.38. The molecule has 0 aliphatic rings. The number of rotatable bonds is 0. The average molecular weight is 238 g/mol. The van der Waals surface area contributed by atoms with Crippen LogP contribution in [-0.2, 0) is 0 Å². The number of aromatic amines is 1. The first-order chi connectivity index (χ1) is 6.16. The Morgan fingerprint density at radius 3 is 2.85 bits per heavy atom. The monoisotopic (exact) mass is 237 g/mol. The van der Waals surface area contributed by atoms with Crippen LogP contribution in [0.5, 0.6) is 0 Å². The van der Waals surface area contributed by atoms with Gasteiger partial charge in [-0.25, -0.2) is 0 Å². The van der Waals surface area contributed by atoms with E-state index in [-0.39, 0.29) is 5.56 Å². The summed E-state index contributed by atoms with van der Waals surface area (Å²) >= 11 is 3.37. The molecular weight excluding hydrogens is 230 g/mol. The summed E-state index contributed by atoms with van der Waals surface area (Å²) in [6.07, 6.45) is 0.